The first kappa shape index (κ1) is 14.2. The van der Waals surface area contributed by atoms with Crippen LogP contribution in [-0.4, -0.2) is 22.0 Å². The minimum absolute atomic E-state index is 0.0537. The van der Waals surface area contributed by atoms with Crippen LogP contribution in [0.15, 0.2) is 36.4 Å². The number of pyridine rings is 1. The van der Waals surface area contributed by atoms with Gasteiger partial charge < -0.3 is 10.4 Å². The zero-order valence-electron chi connectivity index (χ0n) is 11.1. The first-order valence-corrected chi connectivity index (χ1v) is 6.03. The molecular formula is C15H11N3O3. The lowest BCUT2D eigenvalue weighted by Crippen LogP contribution is -2.15. The van der Waals surface area contributed by atoms with Crippen LogP contribution >= 0.6 is 0 Å². The van der Waals surface area contributed by atoms with Crippen LogP contribution in [0.3, 0.4) is 0 Å². The van der Waals surface area contributed by atoms with Gasteiger partial charge in [0.2, 0.25) is 0 Å². The van der Waals surface area contributed by atoms with Gasteiger partial charge in [-0.3, -0.25) is 4.79 Å². The summed E-state index contributed by atoms with van der Waals surface area (Å²) in [4.78, 5) is 26.9. The second kappa shape index (κ2) is 5.84. The van der Waals surface area contributed by atoms with Crippen molar-refractivity contribution >= 4 is 17.6 Å². The molecular weight excluding hydrogens is 270 g/mol. The van der Waals surface area contributed by atoms with Gasteiger partial charge in [-0.15, -0.1) is 0 Å². The summed E-state index contributed by atoms with van der Waals surface area (Å²) in [6, 6.07) is 11.1. The second-order valence-corrected chi connectivity index (χ2v) is 4.28. The average molecular weight is 281 g/mol. The lowest BCUT2D eigenvalue weighted by Gasteiger charge is -2.06. The van der Waals surface area contributed by atoms with Gasteiger partial charge in [-0.2, -0.15) is 5.26 Å². The fraction of sp³-hybridized carbons (Fsp3) is 0.0667. The molecule has 6 nitrogen and oxygen atoms in total. The number of aryl methyl sites for hydroxylation is 1. The van der Waals surface area contributed by atoms with E-state index in [2.05, 4.69) is 10.3 Å². The van der Waals surface area contributed by atoms with Crippen LogP contribution in [0.5, 0.6) is 0 Å². The minimum atomic E-state index is -1.09. The summed E-state index contributed by atoms with van der Waals surface area (Å²) >= 11 is 0. The van der Waals surface area contributed by atoms with Crippen LogP contribution in [0.1, 0.15) is 32.1 Å². The molecule has 0 aliphatic rings. The first-order valence-electron chi connectivity index (χ1n) is 6.03. The molecule has 1 heterocycles. The highest BCUT2D eigenvalue weighted by Gasteiger charge is 2.13. The molecule has 1 amide bonds. The highest BCUT2D eigenvalue weighted by Crippen LogP contribution is 2.12. The summed E-state index contributed by atoms with van der Waals surface area (Å²) in [7, 11) is 0. The fourth-order valence-electron chi connectivity index (χ4n) is 1.78. The summed E-state index contributed by atoms with van der Waals surface area (Å²) in [5, 5.41) is 20.3. The predicted molar refractivity (Wildman–Crippen MR) is 75.0 cm³/mol. The molecule has 1 aromatic heterocycles. The van der Waals surface area contributed by atoms with Crippen LogP contribution in [0.25, 0.3) is 0 Å². The summed E-state index contributed by atoms with van der Waals surface area (Å²) in [6.45, 7) is 1.52. The molecule has 21 heavy (non-hydrogen) atoms. The number of aromatic carboxylic acids is 1. The molecule has 104 valence electrons. The Morgan fingerprint density at radius 1 is 1.29 bits per heavy atom. The van der Waals surface area contributed by atoms with Crippen molar-refractivity contribution in [2.24, 2.45) is 0 Å². The lowest BCUT2D eigenvalue weighted by molar-refractivity contribution is 0.0695. The van der Waals surface area contributed by atoms with E-state index in [-0.39, 0.29) is 17.0 Å². The lowest BCUT2D eigenvalue weighted by atomic mass is 10.1. The molecule has 0 atom stereocenters. The van der Waals surface area contributed by atoms with Crippen LogP contribution < -0.4 is 5.32 Å². The van der Waals surface area contributed by atoms with Gasteiger partial charge >= 0.3 is 5.97 Å². The van der Waals surface area contributed by atoms with E-state index in [1.165, 1.54) is 25.1 Å². The van der Waals surface area contributed by atoms with E-state index in [0.29, 0.717) is 11.3 Å². The Morgan fingerprint density at radius 3 is 2.67 bits per heavy atom. The molecule has 2 N–H and O–H groups in total. The molecule has 0 radical (unpaired) electrons. The smallest absolute Gasteiger partial charge is 0.337 e. The number of carbonyl (C=O) groups excluding carboxylic acids is 1. The molecule has 0 spiro atoms. The van der Waals surface area contributed by atoms with Crippen LogP contribution in [0.2, 0.25) is 0 Å². The molecule has 6 heteroatoms. The van der Waals surface area contributed by atoms with Gasteiger partial charge in [0.25, 0.3) is 5.91 Å². The van der Waals surface area contributed by atoms with E-state index in [0.717, 1.165) is 0 Å². The SMILES string of the molecule is Cc1nc(C(=O)Nc2cccc(C#N)c2)ccc1C(=O)O. The minimum Gasteiger partial charge on any atom is -0.478 e. The molecule has 2 rings (SSSR count). The number of nitriles is 1. The Hall–Kier alpha value is -3.20. The van der Waals surface area contributed by atoms with Crippen molar-refractivity contribution in [3.63, 3.8) is 0 Å². The molecule has 0 saturated heterocycles. The summed E-state index contributed by atoms with van der Waals surface area (Å²) < 4.78 is 0. The summed E-state index contributed by atoms with van der Waals surface area (Å²) in [5.41, 5.74) is 1.33. The van der Waals surface area contributed by atoms with Crippen molar-refractivity contribution in [1.29, 1.82) is 5.26 Å². The number of aromatic nitrogens is 1. The van der Waals surface area contributed by atoms with E-state index in [1.807, 2.05) is 6.07 Å². The van der Waals surface area contributed by atoms with Crippen molar-refractivity contribution in [3.8, 4) is 6.07 Å². The third kappa shape index (κ3) is 3.22. The number of hydrogen-bond donors (Lipinski definition) is 2. The standard InChI is InChI=1S/C15H11N3O3/c1-9-12(15(20)21)5-6-13(17-9)14(19)18-11-4-2-3-10(7-11)8-16/h2-7H,1H3,(H,18,19)(H,20,21). The van der Waals surface area contributed by atoms with Crippen molar-refractivity contribution in [3.05, 3.63) is 58.9 Å². The number of carboxylic acids is 1. The first-order chi connectivity index (χ1) is 10.0. The fourth-order valence-corrected chi connectivity index (χ4v) is 1.78. The normalized spacial score (nSPS) is 9.71. The van der Waals surface area contributed by atoms with Crippen molar-refractivity contribution in [2.75, 3.05) is 5.32 Å². The van der Waals surface area contributed by atoms with Gasteiger partial charge in [-0.25, -0.2) is 9.78 Å². The average Bonchev–Trinajstić information content (AvgIpc) is 2.46. The zero-order valence-corrected chi connectivity index (χ0v) is 11.1. The Balaban J connectivity index is 2.22. The topological polar surface area (TPSA) is 103 Å². The monoisotopic (exact) mass is 281 g/mol. The molecule has 0 bridgehead atoms. The third-order valence-corrected chi connectivity index (χ3v) is 2.80. The Morgan fingerprint density at radius 2 is 2.05 bits per heavy atom. The van der Waals surface area contributed by atoms with E-state index >= 15 is 0 Å². The zero-order chi connectivity index (χ0) is 15.4. The number of carbonyl (C=O) groups is 2. The second-order valence-electron chi connectivity index (χ2n) is 4.28. The molecule has 0 aliphatic carbocycles. The van der Waals surface area contributed by atoms with E-state index in [9.17, 15) is 9.59 Å². The number of amides is 1. The Bertz CT molecular complexity index is 763. The number of nitrogens with one attached hydrogen (secondary N) is 1. The number of rotatable bonds is 3. The summed E-state index contributed by atoms with van der Waals surface area (Å²) in [6.07, 6.45) is 0. The number of carboxylic acid groups (broad SMARTS) is 1. The van der Waals surface area contributed by atoms with Crippen molar-refractivity contribution in [2.45, 2.75) is 6.92 Å². The third-order valence-electron chi connectivity index (χ3n) is 2.80. The van der Waals surface area contributed by atoms with Gasteiger partial charge in [0.1, 0.15) is 5.69 Å². The van der Waals surface area contributed by atoms with Gasteiger partial charge in [-0.1, -0.05) is 6.07 Å². The molecule has 2 aromatic rings. The van der Waals surface area contributed by atoms with Gasteiger partial charge in [-0.05, 0) is 37.3 Å². The predicted octanol–water partition coefficient (Wildman–Crippen LogP) is 2.21. The highest BCUT2D eigenvalue weighted by atomic mass is 16.4. The summed E-state index contributed by atoms with van der Waals surface area (Å²) in [5.74, 6) is -1.56. The maximum Gasteiger partial charge on any atom is 0.337 e. The van der Waals surface area contributed by atoms with Gasteiger partial charge in [0, 0.05) is 5.69 Å². The number of hydrogen-bond acceptors (Lipinski definition) is 4. The molecule has 0 fully saturated rings. The van der Waals surface area contributed by atoms with Gasteiger partial charge in [0.15, 0.2) is 0 Å². The van der Waals surface area contributed by atoms with Crippen LogP contribution in [-0.2, 0) is 0 Å². The van der Waals surface area contributed by atoms with Gasteiger partial charge in [0.05, 0.1) is 22.9 Å². The molecule has 0 saturated carbocycles. The van der Waals surface area contributed by atoms with Crippen molar-refractivity contribution < 1.29 is 14.7 Å². The van der Waals surface area contributed by atoms with Crippen molar-refractivity contribution in [1.82, 2.24) is 4.98 Å². The van der Waals surface area contributed by atoms with Crippen LogP contribution in [0.4, 0.5) is 5.69 Å². The van der Waals surface area contributed by atoms with E-state index < -0.39 is 11.9 Å². The molecule has 0 unspecified atom stereocenters. The number of benzene rings is 1. The maximum atomic E-state index is 12.0. The quantitative estimate of drug-likeness (QED) is 0.897. The molecule has 0 aliphatic heterocycles. The highest BCUT2D eigenvalue weighted by molar-refractivity contribution is 6.03. The maximum absolute atomic E-state index is 12.0. The van der Waals surface area contributed by atoms with E-state index in [4.69, 9.17) is 10.4 Å². The Kier molecular flexibility index (Phi) is 3.95. The van der Waals surface area contributed by atoms with Crippen LogP contribution in [0, 0.1) is 18.3 Å². The number of anilines is 1. The van der Waals surface area contributed by atoms with E-state index in [1.54, 1.807) is 18.2 Å². The number of nitrogens with zero attached hydrogens (tertiary/aromatic N) is 2. The largest absolute Gasteiger partial charge is 0.478 e. The molecule has 1 aromatic carbocycles. The Labute approximate surface area is 120 Å².